The molecule has 0 atom stereocenters. The van der Waals surface area contributed by atoms with Crippen LogP contribution in [0, 0.1) is 11.3 Å². The fourth-order valence-electron chi connectivity index (χ4n) is 1.14. The van der Waals surface area contributed by atoms with Crippen molar-refractivity contribution in [3.8, 4) is 6.07 Å². The zero-order valence-corrected chi connectivity index (χ0v) is 8.10. The molecule has 0 aromatic heterocycles. The highest BCUT2D eigenvalue weighted by atomic mass is 15.1. The van der Waals surface area contributed by atoms with Crippen LogP contribution in [-0.2, 0) is 0 Å². The molecule has 70 valence electrons. The zero-order chi connectivity index (χ0) is 10.6. The number of benzene rings is 1. The molecular formula is C10H10N4. The Bertz CT molecular complexity index is 422. The Morgan fingerprint density at radius 3 is 2.71 bits per heavy atom. The summed E-state index contributed by atoms with van der Waals surface area (Å²) in [6.45, 7) is 4.09. The minimum absolute atomic E-state index is 0.363. The van der Waals surface area contributed by atoms with Gasteiger partial charge in [-0.15, -0.1) is 0 Å². The maximum Gasteiger partial charge on any atom is 0.0996 e. The van der Waals surface area contributed by atoms with Crippen LogP contribution in [0.15, 0.2) is 23.3 Å². The molecular weight excluding hydrogens is 176 g/mol. The summed E-state index contributed by atoms with van der Waals surface area (Å²) < 4.78 is 0. The number of azide groups is 1. The Labute approximate surface area is 82.4 Å². The molecule has 0 aliphatic carbocycles. The molecule has 14 heavy (non-hydrogen) atoms. The maximum atomic E-state index is 8.82. The normalized spacial score (nSPS) is 9.29. The van der Waals surface area contributed by atoms with E-state index in [1.165, 1.54) is 0 Å². The molecule has 0 aliphatic rings. The van der Waals surface area contributed by atoms with E-state index in [0.717, 1.165) is 5.56 Å². The van der Waals surface area contributed by atoms with Crippen LogP contribution in [0.5, 0.6) is 0 Å². The number of rotatable bonds is 2. The van der Waals surface area contributed by atoms with Gasteiger partial charge in [0.15, 0.2) is 0 Å². The first-order valence-corrected chi connectivity index (χ1v) is 4.28. The maximum absolute atomic E-state index is 8.82. The summed E-state index contributed by atoms with van der Waals surface area (Å²) in [5.74, 6) is 0.363. The van der Waals surface area contributed by atoms with E-state index < -0.39 is 0 Å². The van der Waals surface area contributed by atoms with Gasteiger partial charge in [-0.25, -0.2) is 0 Å². The van der Waals surface area contributed by atoms with Crippen LogP contribution >= 0.6 is 0 Å². The minimum Gasteiger partial charge on any atom is -0.192 e. The SMILES string of the molecule is CC(C)c1ccc(N=[N+]=[N-])c(C#N)c1. The summed E-state index contributed by atoms with van der Waals surface area (Å²) >= 11 is 0. The predicted octanol–water partition coefficient (Wildman–Crippen LogP) is 3.62. The van der Waals surface area contributed by atoms with Gasteiger partial charge in [0.25, 0.3) is 0 Å². The monoisotopic (exact) mass is 186 g/mol. The molecule has 1 aromatic rings. The van der Waals surface area contributed by atoms with Gasteiger partial charge in [0.2, 0.25) is 0 Å². The van der Waals surface area contributed by atoms with E-state index in [1.807, 2.05) is 26.0 Å². The molecule has 0 heterocycles. The molecule has 0 N–H and O–H groups in total. The summed E-state index contributed by atoms with van der Waals surface area (Å²) in [4.78, 5) is 2.66. The molecule has 0 saturated heterocycles. The van der Waals surface area contributed by atoms with Gasteiger partial charge in [-0.1, -0.05) is 31.1 Å². The van der Waals surface area contributed by atoms with Crippen LogP contribution < -0.4 is 0 Å². The second-order valence-electron chi connectivity index (χ2n) is 3.23. The van der Waals surface area contributed by atoms with Crippen LogP contribution in [0.2, 0.25) is 0 Å². The summed E-state index contributed by atoms with van der Waals surface area (Å²) in [6, 6.07) is 7.31. The lowest BCUT2D eigenvalue weighted by atomic mass is 10.0. The van der Waals surface area contributed by atoms with Crippen LogP contribution in [0.4, 0.5) is 5.69 Å². The number of nitriles is 1. The topological polar surface area (TPSA) is 72.6 Å². The highest BCUT2D eigenvalue weighted by Crippen LogP contribution is 2.23. The summed E-state index contributed by atoms with van der Waals surface area (Å²) in [7, 11) is 0. The fraction of sp³-hybridized carbons (Fsp3) is 0.300. The van der Waals surface area contributed by atoms with E-state index in [2.05, 4.69) is 10.0 Å². The third-order valence-corrected chi connectivity index (χ3v) is 1.96. The van der Waals surface area contributed by atoms with E-state index >= 15 is 0 Å². The van der Waals surface area contributed by atoms with Crippen molar-refractivity contribution in [2.75, 3.05) is 0 Å². The average Bonchev–Trinajstić information content (AvgIpc) is 2.18. The molecule has 0 unspecified atom stereocenters. The number of nitrogens with zero attached hydrogens (tertiary/aromatic N) is 4. The molecule has 0 aliphatic heterocycles. The van der Waals surface area contributed by atoms with E-state index in [-0.39, 0.29) is 0 Å². The smallest absolute Gasteiger partial charge is 0.0996 e. The van der Waals surface area contributed by atoms with Gasteiger partial charge < -0.3 is 0 Å². The number of hydrogen-bond donors (Lipinski definition) is 0. The Balaban J connectivity index is 3.26. The van der Waals surface area contributed by atoms with E-state index in [4.69, 9.17) is 10.8 Å². The van der Waals surface area contributed by atoms with Crippen molar-refractivity contribution < 1.29 is 0 Å². The first kappa shape index (κ1) is 10.1. The van der Waals surface area contributed by atoms with Gasteiger partial charge in [0, 0.05) is 4.91 Å². The second-order valence-corrected chi connectivity index (χ2v) is 3.23. The fourth-order valence-corrected chi connectivity index (χ4v) is 1.14. The van der Waals surface area contributed by atoms with Gasteiger partial charge >= 0.3 is 0 Å². The van der Waals surface area contributed by atoms with Crippen molar-refractivity contribution in [3.63, 3.8) is 0 Å². The minimum atomic E-state index is 0.363. The van der Waals surface area contributed by atoms with Gasteiger partial charge in [-0.05, 0) is 23.1 Å². The third-order valence-electron chi connectivity index (χ3n) is 1.96. The van der Waals surface area contributed by atoms with Crippen LogP contribution in [-0.4, -0.2) is 0 Å². The lowest BCUT2D eigenvalue weighted by Gasteiger charge is -2.06. The molecule has 0 spiro atoms. The van der Waals surface area contributed by atoms with E-state index in [0.29, 0.717) is 17.2 Å². The van der Waals surface area contributed by atoms with Crippen molar-refractivity contribution in [2.45, 2.75) is 19.8 Å². The standard InChI is InChI=1S/C10H10N4/c1-7(2)8-3-4-10(13-14-12)9(5-8)6-11/h3-5,7H,1-2H3. The molecule has 4 nitrogen and oxygen atoms in total. The lowest BCUT2D eigenvalue weighted by molar-refractivity contribution is 0.866. The zero-order valence-electron chi connectivity index (χ0n) is 8.10. The summed E-state index contributed by atoms with van der Waals surface area (Å²) in [5, 5.41) is 12.3. The average molecular weight is 186 g/mol. The molecule has 1 aromatic carbocycles. The van der Waals surface area contributed by atoms with Crippen molar-refractivity contribution in [1.82, 2.24) is 0 Å². The summed E-state index contributed by atoms with van der Waals surface area (Å²) in [6.07, 6.45) is 0. The van der Waals surface area contributed by atoms with Crippen molar-refractivity contribution in [1.29, 1.82) is 5.26 Å². The Hall–Kier alpha value is -1.98. The van der Waals surface area contributed by atoms with Crippen molar-refractivity contribution in [3.05, 3.63) is 39.8 Å². The van der Waals surface area contributed by atoms with Crippen LogP contribution in [0.1, 0.15) is 30.9 Å². The summed E-state index contributed by atoms with van der Waals surface area (Å²) in [5.41, 5.74) is 10.1. The van der Waals surface area contributed by atoms with Crippen LogP contribution in [0.25, 0.3) is 10.4 Å². The molecule has 0 radical (unpaired) electrons. The highest BCUT2D eigenvalue weighted by Gasteiger charge is 2.04. The van der Waals surface area contributed by atoms with Gasteiger partial charge in [-0.2, -0.15) is 5.26 Å². The second kappa shape index (κ2) is 4.31. The number of hydrogen-bond acceptors (Lipinski definition) is 2. The molecule has 0 bridgehead atoms. The van der Waals surface area contributed by atoms with Crippen LogP contribution in [0.3, 0.4) is 0 Å². The highest BCUT2D eigenvalue weighted by molar-refractivity contribution is 5.54. The molecule has 4 heteroatoms. The van der Waals surface area contributed by atoms with Gasteiger partial charge in [-0.3, -0.25) is 0 Å². The van der Waals surface area contributed by atoms with Crippen molar-refractivity contribution in [2.24, 2.45) is 5.11 Å². The molecule has 0 amide bonds. The largest absolute Gasteiger partial charge is 0.192 e. The molecule has 0 saturated carbocycles. The van der Waals surface area contributed by atoms with Crippen molar-refractivity contribution >= 4 is 5.69 Å². The Morgan fingerprint density at radius 2 is 2.21 bits per heavy atom. The predicted molar refractivity (Wildman–Crippen MR) is 54.1 cm³/mol. The Morgan fingerprint density at radius 1 is 1.50 bits per heavy atom. The first-order chi connectivity index (χ1) is 6.69. The van der Waals surface area contributed by atoms with E-state index in [9.17, 15) is 0 Å². The molecule has 1 rings (SSSR count). The Kier molecular flexibility index (Phi) is 3.11. The quantitative estimate of drug-likeness (QED) is 0.395. The van der Waals surface area contributed by atoms with Gasteiger partial charge in [0.05, 0.1) is 17.3 Å². The molecule has 0 fully saturated rings. The first-order valence-electron chi connectivity index (χ1n) is 4.28. The third kappa shape index (κ3) is 2.03. The lowest BCUT2D eigenvalue weighted by Crippen LogP contribution is -1.88. The van der Waals surface area contributed by atoms with Gasteiger partial charge in [0.1, 0.15) is 0 Å². The van der Waals surface area contributed by atoms with E-state index in [1.54, 1.807) is 12.1 Å².